The van der Waals surface area contributed by atoms with Crippen molar-refractivity contribution in [2.24, 2.45) is 0 Å². The average molecular weight is 408 g/mol. The van der Waals surface area contributed by atoms with Crippen molar-refractivity contribution in [3.8, 4) is 5.75 Å². The fourth-order valence-electron chi connectivity index (χ4n) is 2.61. The van der Waals surface area contributed by atoms with E-state index in [-0.39, 0.29) is 15.6 Å². The maximum Gasteiger partial charge on any atom is 0.285 e. The molecular weight excluding hydrogens is 396 g/mol. The number of hydrogen-bond acceptors (Lipinski definition) is 7. The third kappa shape index (κ3) is 3.45. The van der Waals surface area contributed by atoms with Gasteiger partial charge in [0.1, 0.15) is 5.75 Å². The first kappa shape index (κ1) is 18.1. The SMILES string of the molecule is O=C(NN1C(=O)C(=Cc2ccc3nccnc3c2)SC1=S)c1ccccc1O. The van der Waals surface area contributed by atoms with Gasteiger partial charge in [-0.05, 0) is 48.1 Å². The van der Waals surface area contributed by atoms with E-state index in [9.17, 15) is 14.7 Å². The van der Waals surface area contributed by atoms with Crippen LogP contribution in [-0.4, -0.2) is 36.2 Å². The maximum atomic E-state index is 12.7. The molecule has 4 rings (SSSR count). The number of hydrazine groups is 1. The van der Waals surface area contributed by atoms with Crippen LogP contribution in [0, 0.1) is 0 Å². The molecule has 1 aromatic heterocycles. The fourth-order valence-corrected chi connectivity index (χ4v) is 3.79. The van der Waals surface area contributed by atoms with Gasteiger partial charge in [-0.1, -0.05) is 30.0 Å². The van der Waals surface area contributed by atoms with Crippen molar-refractivity contribution in [3.05, 3.63) is 70.9 Å². The Morgan fingerprint density at radius 3 is 2.68 bits per heavy atom. The maximum absolute atomic E-state index is 12.7. The Balaban J connectivity index is 1.57. The molecule has 0 saturated carbocycles. The lowest BCUT2D eigenvalue weighted by atomic mass is 10.2. The highest BCUT2D eigenvalue weighted by Crippen LogP contribution is 2.32. The largest absolute Gasteiger partial charge is 0.507 e. The van der Waals surface area contributed by atoms with Crippen molar-refractivity contribution in [3.63, 3.8) is 0 Å². The van der Waals surface area contributed by atoms with Gasteiger partial charge in [-0.15, -0.1) is 0 Å². The predicted molar refractivity (Wildman–Crippen MR) is 110 cm³/mol. The summed E-state index contributed by atoms with van der Waals surface area (Å²) in [6.45, 7) is 0. The van der Waals surface area contributed by atoms with Crippen LogP contribution in [0.5, 0.6) is 5.75 Å². The van der Waals surface area contributed by atoms with E-state index in [0.717, 1.165) is 27.9 Å². The second-order valence-corrected chi connectivity index (χ2v) is 7.46. The molecule has 0 spiro atoms. The number of nitrogens with one attached hydrogen (secondary N) is 1. The Labute approximate surface area is 169 Å². The van der Waals surface area contributed by atoms with Gasteiger partial charge in [-0.2, -0.15) is 5.01 Å². The van der Waals surface area contributed by atoms with Crippen LogP contribution >= 0.6 is 24.0 Å². The summed E-state index contributed by atoms with van der Waals surface area (Å²) in [6.07, 6.45) is 4.89. The van der Waals surface area contributed by atoms with E-state index in [1.54, 1.807) is 30.6 Å². The van der Waals surface area contributed by atoms with Crippen molar-refractivity contribution >= 4 is 57.2 Å². The Bertz CT molecular complexity index is 1160. The quantitative estimate of drug-likeness (QED) is 0.508. The fraction of sp³-hybridized carbons (Fsp3) is 0. The average Bonchev–Trinajstić information content (AvgIpc) is 2.95. The number of aromatic nitrogens is 2. The molecule has 3 aromatic rings. The molecule has 2 aromatic carbocycles. The van der Waals surface area contributed by atoms with Crippen molar-refractivity contribution in [1.82, 2.24) is 20.4 Å². The summed E-state index contributed by atoms with van der Waals surface area (Å²) in [5.41, 5.74) is 4.71. The second kappa shape index (κ2) is 7.37. The summed E-state index contributed by atoms with van der Waals surface area (Å²) in [5, 5.41) is 10.8. The van der Waals surface area contributed by atoms with Gasteiger partial charge in [0.2, 0.25) is 0 Å². The number of aromatic hydroxyl groups is 1. The summed E-state index contributed by atoms with van der Waals surface area (Å²) >= 11 is 6.30. The molecule has 1 aliphatic heterocycles. The Morgan fingerprint density at radius 2 is 1.89 bits per heavy atom. The minimum atomic E-state index is -0.628. The zero-order valence-electron chi connectivity index (χ0n) is 14.2. The Kier molecular flexibility index (Phi) is 4.76. The highest BCUT2D eigenvalue weighted by molar-refractivity contribution is 8.26. The Morgan fingerprint density at radius 1 is 1.14 bits per heavy atom. The summed E-state index contributed by atoms with van der Waals surface area (Å²) in [7, 11) is 0. The minimum absolute atomic E-state index is 0.0497. The van der Waals surface area contributed by atoms with Crippen LogP contribution in [0.4, 0.5) is 0 Å². The number of benzene rings is 2. The number of carbonyl (C=O) groups excluding carboxylic acids is 2. The lowest BCUT2D eigenvalue weighted by Crippen LogP contribution is -2.44. The van der Waals surface area contributed by atoms with Crippen LogP contribution in [0.2, 0.25) is 0 Å². The molecule has 2 N–H and O–H groups in total. The van der Waals surface area contributed by atoms with Crippen LogP contribution in [0.15, 0.2) is 59.8 Å². The molecule has 138 valence electrons. The van der Waals surface area contributed by atoms with E-state index in [1.807, 2.05) is 18.2 Å². The molecule has 0 bridgehead atoms. The number of fused-ring (bicyclic) bond motifs is 1. The first-order chi connectivity index (χ1) is 13.5. The molecule has 1 aliphatic rings. The molecule has 2 amide bonds. The molecule has 28 heavy (non-hydrogen) atoms. The van der Waals surface area contributed by atoms with Crippen molar-refractivity contribution in [2.45, 2.75) is 0 Å². The number of para-hydroxylation sites is 1. The first-order valence-electron chi connectivity index (χ1n) is 8.10. The number of rotatable bonds is 3. The summed E-state index contributed by atoms with van der Waals surface area (Å²) in [4.78, 5) is 33.9. The van der Waals surface area contributed by atoms with E-state index in [0.29, 0.717) is 10.4 Å². The third-order valence-electron chi connectivity index (χ3n) is 3.95. The molecule has 2 heterocycles. The van der Waals surface area contributed by atoms with Gasteiger partial charge in [-0.3, -0.25) is 25.0 Å². The lowest BCUT2D eigenvalue weighted by molar-refractivity contribution is -0.123. The van der Waals surface area contributed by atoms with Crippen LogP contribution in [0.25, 0.3) is 17.1 Å². The van der Waals surface area contributed by atoms with Crippen molar-refractivity contribution in [1.29, 1.82) is 0 Å². The van der Waals surface area contributed by atoms with Gasteiger partial charge in [0.15, 0.2) is 4.32 Å². The highest BCUT2D eigenvalue weighted by atomic mass is 32.2. The topological polar surface area (TPSA) is 95.4 Å². The summed E-state index contributed by atoms with van der Waals surface area (Å²) in [5.74, 6) is -1.26. The number of phenolic OH excluding ortho intramolecular Hbond substituents is 1. The molecule has 0 unspecified atom stereocenters. The number of carbonyl (C=O) groups is 2. The molecule has 1 fully saturated rings. The van der Waals surface area contributed by atoms with Crippen LogP contribution < -0.4 is 5.43 Å². The van der Waals surface area contributed by atoms with Crippen molar-refractivity contribution < 1.29 is 14.7 Å². The molecule has 1 saturated heterocycles. The number of thioether (sulfide) groups is 1. The van der Waals surface area contributed by atoms with Gasteiger partial charge in [-0.25, -0.2) is 0 Å². The molecule has 0 atom stereocenters. The molecule has 7 nitrogen and oxygen atoms in total. The van der Waals surface area contributed by atoms with E-state index in [1.165, 1.54) is 12.1 Å². The van der Waals surface area contributed by atoms with Crippen molar-refractivity contribution in [2.75, 3.05) is 0 Å². The standard InChI is InChI=1S/C19H12N4O3S2/c24-15-4-2-1-3-12(15)17(25)22-23-18(26)16(28-19(23)27)10-11-5-6-13-14(9-11)21-8-7-20-13/h1-10,24H,(H,22,25). The number of thiocarbonyl (C=S) groups is 1. The molecule has 9 heteroatoms. The number of amides is 2. The number of hydrogen-bond donors (Lipinski definition) is 2. The van der Waals surface area contributed by atoms with E-state index in [2.05, 4.69) is 15.4 Å². The van der Waals surface area contributed by atoms with E-state index in [4.69, 9.17) is 12.2 Å². The van der Waals surface area contributed by atoms with Gasteiger partial charge in [0.05, 0.1) is 21.5 Å². The Hall–Kier alpha value is -3.30. The van der Waals surface area contributed by atoms with Gasteiger partial charge in [0, 0.05) is 12.4 Å². The normalized spacial score (nSPS) is 15.4. The first-order valence-corrected chi connectivity index (χ1v) is 9.33. The van der Waals surface area contributed by atoms with Crippen LogP contribution in [0.1, 0.15) is 15.9 Å². The summed E-state index contributed by atoms with van der Waals surface area (Å²) in [6, 6.07) is 11.5. The molecule has 0 radical (unpaired) electrons. The van der Waals surface area contributed by atoms with E-state index < -0.39 is 11.8 Å². The van der Waals surface area contributed by atoms with Crippen LogP contribution in [0.3, 0.4) is 0 Å². The second-order valence-electron chi connectivity index (χ2n) is 5.78. The minimum Gasteiger partial charge on any atom is -0.507 e. The zero-order chi connectivity index (χ0) is 19.7. The predicted octanol–water partition coefficient (Wildman–Crippen LogP) is 2.88. The number of phenols is 1. The number of nitrogens with zero attached hydrogens (tertiary/aromatic N) is 3. The monoisotopic (exact) mass is 408 g/mol. The van der Waals surface area contributed by atoms with Gasteiger partial charge >= 0.3 is 0 Å². The van der Waals surface area contributed by atoms with Crippen LogP contribution in [-0.2, 0) is 4.79 Å². The van der Waals surface area contributed by atoms with E-state index >= 15 is 0 Å². The summed E-state index contributed by atoms with van der Waals surface area (Å²) < 4.78 is 0.195. The van der Waals surface area contributed by atoms with Gasteiger partial charge < -0.3 is 5.11 Å². The lowest BCUT2D eigenvalue weighted by Gasteiger charge is -2.16. The van der Waals surface area contributed by atoms with Gasteiger partial charge in [0.25, 0.3) is 11.8 Å². The highest BCUT2D eigenvalue weighted by Gasteiger charge is 2.34. The molecule has 0 aliphatic carbocycles. The smallest absolute Gasteiger partial charge is 0.285 e. The zero-order valence-corrected chi connectivity index (χ0v) is 15.8. The third-order valence-corrected chi connectivity index (χ3v) is 5.25. The molecular formula is C19H12N4O3S2.